The van der Waals surface area contributed by atoms with Gasteiger partial charge in [-0.25, -0.2) is 9.59 Å². The van der Waals surface area contributed by atoms with Gasteiger partial charge in [0.25, 0.3) is 5.91 Å². The third-order valence-electron chi connectivity index (χ3n) is 6.52. The maximum atomic E-state index is 12.8. The Morgan fingerprint density at radius 1 is 1.12 bits per heavy atom. The van der Waals surface area contributed by atoms with Crippen LogP contribution in [0.5, 0.6) is 0 Å². The molecule has 3 N–H and O–H groups in total. The molecule has 1 heterocycles. The van der Waals surface area contributed by atoms with E-state index in [1.165, 1.54) is 12.0 Å². The summed E-state index contributed by atoms with van der Waals surface area (Å²) >= 11 is 0. The number of methoxy groups -OCH3 is 1. The number of hydrogen-bond acceptors (Lipinski definition) is 6. The summed E-state index contributed by atoms with van der Waals surface area (Å²) in [5.74, 6) is -1.95. The zero-order valence-corrected chi connectivity index (χ0v) is 18.9. The predicted molar refractivity (Wildman–Crippen MR) is 122 cm³/mol. The van der Waals surface area contributed by atoms with E-state index in [1.54, 1.807) is 0 Å². The van der Waals surface area contributed by atoms with Crippen molar-refractivity contribution in [2.24, 2.45) is 0 Å². The van der Waals surface area contributed by atoms with Gasteiger partial charge in [-0.1, -0.05) is 48.5 Å². The van der Waals surface area contributed by atoms with E-state index >= 15 is 0 Å². The summed E-state index contributed by atoms with van der Waals surface area (Å²) in [6.07, 6.45) is -1.29. The fourth-order valence-electron chi connectivity index (χ4n) is 4.70. The highest BCUT2D eigenvalue weighted by molar-refractivity contribution is 5.84. The number of carbonyl (C=O) groups is 3. The van der Waals surface area contributed by atoms with Crippen molar-refractivity contribution in [2.75, 3.05) is 33.4 Å². The van der Waals surface area contributed by atoms with E-state index < -0.39 is 29.7 Å². The van der Waals surface area contributed by atoms with E-state index in [4.69, 9.17) is 9.47 Å². The molecule has 0 bridgehead atoms. The van der Waals surface area contributed by atoms with Crippen molar-refractivity contribution >= 4 is 18.0 Å². The molecule has 1 aliphatic heterocycles. The summed E-state index contributed by atoms with van der Waals surface area (Å²) in [5, 5.41) is 22.0. The van der Waals surface area contributed by atoms with Gasteiger partial charge < -0.3 is 29.9 Å². The number of likely N-dealkylation sites (tertiary alicyclic amines) is 1. The largest absolute Gasteiger partial charge is 0.479 e. The van der Waals surface area contributed by atoms with Crippen LogP contribution in [0.25, 0.3) is 11.1 Å². The minimum Gasteiger partial charge on any atom is -0.479 e. The summed E-state index contributed by atoms with van der Waals surface area (Å²) in [4.78, 5) is 37.8. The monoisotopic (exact) mass is 468 g/mol. The predicted octanol–water partition coefficient (Wildman–Crippen LogP) is 1.98. The van der Waals surface area contributed by atoms with Crippen molar-refractivity contribution in [3.63, 3.8) is 0 Å². The van der Waals surface area contributed by atoms with Gasteiger partial charge in [0.15, 0.2) is 11.7 Å². The molecule has 0 aromatic heterocycles. The number of amides is 2. The van der Waals surface area contributed by atoms with Crippen molar-refractivity contribution in [3.05, 3.63) is 59.7 Å². The Morgan fingerprint density at radius 3 is 2.32 bits per heavy atom. The molecule has 180 valence electrons. The van der Waals surface area contributed by atoms with Crippen molar-refractivity contribution < 1.29 is 34.1 Å². The van der Waals surface area contributed by atoms with Crippen LogP contribution in [0.4, 0.5) is 4.79 Å². The van der Waals surface area contributed by atoms with E-state index in [0.29, 0.717) is 13.0 Å². The van der Waals surface area contributed by atoms with Crippen LogP contribution in [-0.2, 0) is 19.1 Å². The second-order valence-electron chi connectivity index (χ2n) is 8.63. The molecular formula is C25H28N2O7. The van der Waals surface area contributed by atoms with Crippen molar-refractivity contribution in [2.45, 2.75) is 30.5 Å². The van der Waals surface area contributed by atoms with E-state index in [-0.39, 0.29) is 32.0 Å². The number of ether oxygens (including phenoxy) is 2. The number of piperidine rings is 1. The molecule has 34 heavy (non-hydrogen) atoms. The quantitative estimate of drug-likeness (QED) is 0.567. The molecule has 0 saturated carbocycles. The molecule has 9 nitrogen and oxygen atoms in total. The van der Waals surface area contributed by atoms with E-state index in [1.807, 2.05) is 36.4 Å². The summed E-state index contributed by atoms with van der Waals surface area (Å²) in [7, 11) is 1.33. The normalized spacial score (nSPS) is 20.2. The number of alkyl carbamates (subject to hydrolysis) is 1. The number of carboxylic acids is 1. The molecule has 1 fully saturated rings. The molecule has 2 atom stereocenters. The highest BCUT2D eigenvalue weighted by Crippen LogP contribution is 2.44. The van der Waals surface area contributed by atoms with Gasteiger partial charge in [0.2, 0.25) is 0 Å². The van der Waals surface area contributed by atoms with Crippen LogP contribution >= 0.6 is 0 Å². The molecular weight excluding hydrogens is 440 g/mol. The molecule has 0 spiro atoms. The number of β-amino-alcohol motifs (C(OH)–C–C–N with tert-alkyl or cyclic N) is 1. The molecule has 9 heteroatoms. The highest BCUT2D eigenvalue weighted by atomic mass is 16.5. The smallest absolute Gasteiger partial charge is 0.407 e. The van der Waals surface area contributed by atoms with Crippen LogP contribution in [0.1, 0.15) is 29.9 Å². The Balaban J connectivity index is 1.33. The van der Waals surface area contributed by atoms with Crippen LogP contribution in [-0.4, -0.2) is 78.1 Å². The van der Waals surface area contributed by atoms with E-state index in [9.17, 15) is 24.6 Å². The van der Waals surface area contributed by atoms with Crippen LogP contribution < -0.4 is 5.32 Å². The van der Waals surface area contributed by atoms with Gasteiger partial charge >= 0.3 is 12.1 Å². The minimum absolute atomic E-state index is 0.0712. The molecule has 2 aliphatic rings. The number of fused-ring (bicyclic) bond motifs is 3. The SMILES string of the molecule is COC(CNC(=O)OCC1c2ccccc2-c2ccccc21)C(=O)N1CCCC(O)(C(=O)O)C1. The lowest BCUT2D eigenvalue weighted by Crippen LogP contribution is -2.57. The first-order chi connectivity index (χ1) is 16.3. The van der Waals surface area contributed by atoms with Gasteiger partial charge in [-0.2, -0.15) is 0 Å². The molecule has 1 saturated heterocycles. The third kappa shape index (κ3) is 4.62. The second kappa shape index (κ2) is 9.82. The number of carboxylic acid groups (broad SMARTS) is 1. The molecule has 2 unspecified atom stereocenters. The van der Waals surface area contributed by atoms with Gasteiger partial charge in [-0.15, -0.1) is 0 Å². The number of rotatable bonds is 7. The van der Waals surface area contributed by atoms with Crippen molar-refractivity contribution in [1.82, 2.24) is 10.2 Å². The zero-order chi connectivity index (χ0) is 24.3. The van der Waals surface area contributed by atoms with Crippen LogP contribution in [0.15, 0.2) is 48.5 Å². The van der Waals surface area contributed by atoms with Gasteiger partial charge in [-0.3, -0.25) is 4.79 Å². The van der Waals surface area contributed by atoms with Gasteiger partial charge in [0.1, 0.15) is 6.61 Å². The van der Waals surface area contributed by atoms with Crippen molar-refractivity contribution in [1.29, 1.82) is 0 Å². The lowest BCUT2D eigenvalue weighted by molar-refractivity contribution is -0.168. The summed E-state index contributed by atoms with van der Waals surface area (Å²) in [6.45, 7) is -0.0254. The zero-order valence-electron chi connectivity index (χ0n) is 18.9. The van der Waals surface area contributed by atoms with E-state index in [2.05, 4.69) is 17.4 Å². The van der Waals surface area contributed by atoms with Crippen LogP contribution in [0.2, 0.25) is 0 Å². The average molecular weight is 469 g/mol. The third-order valence-corrected chi connectivity index (χ3v) is 6.52. The summed E-state index contributed by atoms with van der Waals surface area (Å²) in [6, 6.07) is 16.0. The van der Waals surface area contributed by atoms with Crippen LogP contribution in [0.3, 0.4) is 0 Å². The molecule has 0 radical (unpaired) electrons. The number of carbonyl (C=O) groups excluding carboxylic acids is 2. The number of aliphatic carboxylic acids is 1. The first-order valence-electron chi connectivity index (χ1n) is 11.2. The molecule has 2 aromatic carbocycles. The maximum Gasteiger partial charge on any atom is 0.407 e. The Hall–Kier alpha value is -3.43. The lowest BCUT2D eigenvalue weighted by atomic mass is 9.92. The molecule has 1 aliphatic carbocycles. The van der Waals surface area contributed by atoms with Gasteiger partial charge in [0.05, 0.1) is 13.1 Å². The maximum absolute atomic E-state index is 12.8. The topological polar surface area (TPSA) is 125 Å². The van der Waals surface area contributed by atoms with Gasteiger partial charge in [0, 0.05) is 19.6 Å². The second-order valence-corrected chi connectivity index (χ2v) is 8.63. The first kappa shape index (κ1) is 23.7. The summed E-state index contributed by atoms with van der Waals surface area (Å²) < 4.78 is 10.7. The Labute approximate surface area is 197 Å². The Kier molecular flexibility index (Phi) is 6.85. The first-order valence-corrected chi connectivity index (χ1v) is 11.2. The van der Waals surface area contributed by atoms with Gasteiger partial charge in [-0.05, 0) is 35.1 Å². The number of nitrogens with one attached hydrogen (secondary N) is 1. The number of nitrogens with zero attached hydrogens (tertiary/aromatic N) is 1. The number of aliphatic hydroxyl groups is 1. The van der Waals surface area contributed by atoms with Crippen LogP contribution in [0, 0.1) is 0 Å². The Bertz CT molecular complexity index is 1040. The van der Waals surface area contributed by atoms with E-state index in [0.717, 1.165) is 22.3 Å². The Morgan fingerprint density at radius 2 is 1.74 bits per heavy atom. The molecule has 2 aromatic rings. The average Bonchev–Trinajstić information content (AvgIpc) is 3.16. The number of hydrogen-bond donors (Lipinski definition) is 3. The fourth-order valence-corrected chi connectivity index (χ4v) is 4.70. The highest BCUT2D eigenvalue weighted by Gasteiger charge is 2.43. The molecule has 4 rings (SSSR count). The molecule has 2 amide bonds. The number of benzene rings is 2. The fraction of sp³-hybridized carbons (Fsp3) is 0.400. The minimum atomic E-state index is -1.98. The lowest BCUT2D eigenvalue weighted by Gasteiger charge is -2.37. The summed E-state index contributed by atoms with van der Waals surface area (Å²) in [5.41, 5.74) is 2.46. The standard InChI is InChI=1S/C25H28N2O7/c1-33-21(22(28)27-12-6-11-25(32,15-27)23(29)30)13-26-24(31)34-14-20-18-9-4-2-7-16(18)17-8-3-5-10-19(17)20/h2-5,7-10,20-21,32H,6,11-15H2,1H3,(H,26,31)(H,29,30). The van der Waals surface area contributed by atoms with Crippen molar-refractivity contribution in [3.8, 4) is 11.1 Å².